The molecule has 0 radical (unpaired) electrons. The molecule has 10 heteroatoms. The van der Waals surface area contributed by atoms with E-state index in [-0.39, 0.29) is 16.5 Å². The summed E-state index contributed by atoms with van der Waals surface area (Å²) >= 11 is 0. The summed E-state index contributed by atoms with van der Waals surface area (Å²) < 4.78 is 22.7. The van der Waals surface area contributed by atoms with Crippen LogP contribution in [-0.2, 0) is 21.3 Å². The van der Waals surface area contributed by atoms with Gasteiger partial charge in [0.15, 0.2) is 6.29 Å². The van der Waals surface area contributed by atoms with Gasteiger partial charge in [-0.1, -0.05) is 72.8 Å². The van der Waals surface area contributed by atoms with E-state index in [1.165, 1.54) is 0 Å². The molecule has 0 spiro atoms. The summed E-state index contributed by atoms with van der Waals surface area (Å²) in [7, 11) is 6.56. The number of methoxy groups -OCH3 is 4. The van der Waals surface area contributed by atoms with Crippen LogP contribution in [0.5, 0.6) is 23.0 Å². The van der Waals surface area contributed by atoms with Gasteiger partial charge in [-0.3, -0.25) is 4.79 Å². The molecule has 4 aromatic carbocycles. The van der Waals surface area contributed by atoms with Crippen molar-refractivity contribution in [1.29, 1.82) is 0 Å². The Kier molecular flexibility index (Phi) is 10.7. The Hall–Kier alpha value is -7.16. The van der Waals surface area contributed by atoms with Gasteiger partial charge in [0.1, 0.15) is 23.0 Å². The number of carbonyl (C=O) groups excluding carboxylic acids is 1. The van der Waals surface area contributed by atoms with Crippen LogP contribution in [0.4, 0.5) is 0 Å². The smallest absolute Gasteiger partial charge is 0.657 e. The number of benzene rings is 4. The van der Waals surface area contributed by atoms with Crippen molar-refractivity contribution in [2.24, 2.45) is 0 Å². The minimum absolute atomic E-state index is 0. The van der Waals surface area contributed by atoms with Gasteiger partial charge in [-0.15, -0.1) is 22.1 Å². The second kappa shape index (κ2) is 16.4. The van der Waals surface area contributed by atoms with E-state index in [0.717, 1.165) is 50.9 Å². The van der Waals surface area contributed by atoms with E-state index in [1.54, 1.807) is 28.4 Å². The summed E-state index contributed by atoms with van der Waals surface area (Å²) in [5.74, 6) is 2.72. The van der Waals surface area contributed by atoms with Crippen LogP contribution in [0.2, 0.25) is 0 Å². The molecule has 0 saturated heterocycles. The molecular weight excluding hydrogens is 783 g/mol. The van der Waals surface area contributed by atoms with E-state index < -0.39 is 0 Å². The molecule has 2 aliphatic rings. The van der Waals surface area contributed by atoms with Gasteiger partial charge < -0.3 is 28.9 Å². The first kappa shape index (κ1) is 38.7. The van der Waals surface area contributed by atoms with Crippen molar-refractivity contribution in [3.8, 4) is 67.5 Å². The fraction of sp³-hybridized carbons (Fsp3) is 0.0816. The normalized spacial score (nSPS) is 11.7. The van der Waals surface area contributed by atoms with E-state index >= 15 is 0 Å². The number of aldehydes is 1. The fourth-order valence-corrected chi connectivity index (χ4v) is 7.57. The standard InChI is InChI=1S/C49H37N4O5.Ni/c1-55-34-13-5-9-29(23-34)45-38-17-18-39(50-38)46(30-10-6-14-35(24-30)56-2)41-21-22-43(52-41)48(32-12-8-16-37(26-32)58-4)49-33(28-54)27-44(53-49)47(42-20-19-40(45)51-42)31-11-7-15-36(25-31)57-3;/h5-28H,1-4H3,(H-,50,51,52,53,54);/q-1;+2/p-1. The summed E-state index contributed by atoms with van der Waals surface area (Å²) in [6.45, 7) is 0. The van der Waals surface area contributed by atoms with Crippen molar-refractivity contribution in [2.75, 3.05) is 28.4 Å². The average molecular weight is 820 g/mol. The van der Waals surface area contributed by atoms with Crippen LogP contribution in [0.1, 0.15) is 22.8 Å². The van der Waals surface area contributed by atoms with Gasteiger partial charge in [0, 0.05) is 5.57 Å². The number of carbonyl (C=O) groups is 1. The molecule has 0 amide bonds. The van der Waals surface area contributed by atoms with Crippen LogP contribution in [0.25, 0.3) is 90.4 Å². The monoisotopic (exact) mass is 818 g/mol. The first-order valence-electron chi connectivity index (χ1n) is 18.6. The number of fused-ring (bicyclic) bond motifs is 8. The van der Waals surface area contributed by atoms with E-state index in [0.29, 0.717) is 73.3 Å². The molecule has 7 aromatic rings. The average Bonchev–Trinajstić information content (AvgIpc) is 4.11. The van der Waals surface area contributed by atoms with E-state index in [4.69, 9.17) is 38.9 Å². The quantitative estimate of drug-likeness (QED) is 0.104. The van der Waals surface area contributed by atoms with Crippen LogP contribution in [-0.4, -0.2) is 44.7 Å². The molecule has 3 aromatic heterocycles. The number of hydrogen-bond acceptors (Lipinski definition) is 7. The van der Waals surface area contributed by atoms with Crippen molar-refractivity contribution < 1.29 is 40.2 Å². The largest absolute Gasteiger partial charge is 2.00 e. The van der Waals surface area contributed by atoms with Crippen molar-refractivity contribution >= 4 is 52.2 Å². The molecule has 9 nitrogen and oxygen atoms in total. The third kappa shape index (κ3) is 7.19. The van der Waals surface area contributed by atoms with Crippen molar-refractivity contribution in [3.05, 3.63) is 144 Å². The molecule has 8 bridgehead atoms. The summed E-state index contributed by atoms with van der Waals surface area (Å²) in [5, 5.41) is 0. The van der Waals surface area contributed by atoms with Gasteiger partial charge in [0.05, 0.1) is 51.2 Å². The summed E-state index contributed by atoms with van der Waals surface area (Å²) in [6.07, 6.45) is 6.69. The molecule has 9 rings (SSSR count). The molecule has 0 saturated carbocycles. The molecule has 5 heterocycles. The fourth-order valence-electron chi connectivity index (χ4n) is 7.57. The number of aromatic nitrogens is 4. The Balaban J connectivity index is 0.00000484. The maximum absolute atomic E-state index is 13.1. The predicted molar refractivity (Wildman–Crippen MR) is 230 cm³/mol. The van der Waals surface area contributed by atoms with Crippen LogP contribution < -0.4 is 28.9 Å². The molecular formula is C49H36N4NiO5. The van der Waals surface area contributed by atoms with Crippen LogP contribution in [0.15, 0.2) is 121 Å². The topological polar surface area (TPSA) is 108 Å². The van der Waals surface area contributed by atoms with E-state index in [2.05, 4.69) is 0 Å². The molecule has 0 atom stereocenters. The van der Waals surface area contributed by atoms with Crippen LogP contribution in [0, 0.1) is 0 Å². The summed E-state index contributed by atoms with van der Waals surface area (Å²) in [4.78, 5) is 34.4. The minimum Gasteiger partial charge on any atom is -0.657 e. The van der Waals surface area contributed by atoms with E-state index in [9.17, 15) is 4.79 Å². The number of rotatable bonds is 9. The number of allylic oxidation sites excluding steroid dienone is 1. The third-order valence-electron chi connectivity index (χ3n) is 10.3. The Labute approximate surface area is 351 Å². The molecule has 59 heavy (non-hydrogen) atoms. The van der Waals surface area contributed by atoms with Gasteiger partial charge in [0.2, 0.25) is 0 Å². The molecule has 0 N–H and O–H groups in total. The van der Waals surface area contributed by atoms with Gasteiger partial charge in [-0.2, -0.15) is 0 Å². The predicted octanol–water partition coefficient (Wildman–Crippen LogP) is 10.2. The first-order chi connectivity index (χ1) is 28.5. The van der Waals surface area contributed by atoms with Crippen molar-refractivity contribution in [1.82, 2.24) is 19.9 Å². The van der Waals surface area contributed by atoms with Crippen LogP contribution in [0.3, 0.4) is 0 Å². The Morgan fingerprint density at radius 3 is 1.19 bits per heavy atom. The number of hydrogen-bond donors (Lipinski definition) is 0. The zero-order chi connectivity index (χ0) is 39.8. The Bertz CT molecular complexity index is 3000. The molecule has 292 valence electrons. The first-order valence-corrected chi connectivity index (χ1v) is 18.6. The summed E-state index contributed by atoms with van der Waals surface area (Å²) in [5.41, 5.74) is 11.9. The van der Waals surface area contributed by atoms with Gasteiger partial charge in [-0.25, -0.2) is 9.97 Å². The minimum atomic E-state index is 0. The Morgan fingerprint density at radius 2 is 0.814 bits per heavy atom. The van der Waals surface area contributed by atoms with Crippen LogP contribution >= 0.6 is 0 Å². The number of nitrogens with zero attached hydrogens (tertiary/aromatic N) is 4. The second-order valence-corrected chi connectivity index (χ2v) is 13.6. The molecule has 0 fully saturated rings. The third-order valence-corrected chi connectivity index (χ3v) is 10.3. The molecule has 2 aliphatic heterocycles. The van der Waals surface area contributed by atoms with Gasteiger partial charge >= 0.3 is 16.5 Å². The van der Waals surface area contributed by atoms with Crippen molar-refractivity contribution in [2.45, 2.75) is 0 Å². The maximum Gasteiger partial charge on any atom is 2.00 e. The van der Waals surface area contributed by atoms with Gasteiger partial charge in [-0.05, 0) is 111 Å². The maximum atomic E-state index is 13.1. The zero-order valence-electron chi connectivity index (χ0n) is 32.5. The summed E-state index contributed by atoms with van der Waals surface area (Å²) in [6, 6.07) is 39.1. The molecule has 0 unspecified atom stereocenters. The number of ether oxygens (including phenoxy) is 4. The SMILES string of the molecule is COc1cccc(-c2c3nc(c(-c4cccc(OC)c4)c4ccc([n-]4)c(-c4cccc(OC)c4)c4nc(c(-c5cccc(OC)c5)c5ccc2[n-]5)C=C4C=O)C=C3)c1.[Ni+2]. The van der Waals surface area contributed by atoms with E-state index in [1.807, 2.05) is 140 Å². The zero-order valence-corrected chi connectivity index (χ0v) is 33.5. The Morgan fingerprint density at radius 1 is 0.458 bits per heavy atom. The van der Waals surface area contributed by atoms with Gasteiger partial charge in [0.25, 0.3) is 0 Å². The molecule has 0 aliphatic carbocycles. The second-order valence-electron chi connectivity index (χ2n) is 13.6. The van der Waals surface area contributed by atoms with Crippen molar-refractivity contribution in [3.63, 3.8) is 0 Å².